The van der Waals surface area contributed by atoms with E-state index in [1.165, 1.54) is 11.8 Å². The summed E-state index contributed by atoms with van der Waals surface area (Å²) >= 11 is 7.87. The molecule has 51 heavy (non-hydrogen) atoms. The molecule has 2 aliphatic heterocycles. The number of piperazine rings is 1. The van der Waals surface area contributed by atoms with Crippen LogP contribution in [0, 0.1) is 6.92 Å². The van der Waals surface area contributed by atoms with Crippen molar-refractivity contribution in [3.63, 3.8) is 0 Å². The van der Waals surface area contributed by atoms with E-state index in [1.54, 1.807) is 0 Å². The molecule has 0 saturated carbocycles. The van der Waals surface area contributed by atoms with Crippen molar-refractivity contribution < 1.29 is 19.1 Å². The third-order valence-corrected chi connectivity index (χ3v) is 11.4. The summed E-state index contributed by atoms with van der Waals surface area (Å²) < 4.78 is 4.84. The van der Waals surface area contributed by atoms with Crippen LogP contribution in [-0.4, -0.2) is 68.3 Å². The summed E-state index contributed by atoms with van der Waals surface area (Å²) in [5.41, 5.74) is 3.73. The molecule has 0 aliphatic carbocycles. The third-order valence-electron chi connectivity index (χ3n) is 9.78. The summed E-state index contributed by atoms with van der Waals surface area (Å²) in [5, 5.41) is 1.51. The van der Waals surface area contributed by atoms with Crippen LogP contribution in [0.15, 0.2) is 108 Å². The number of likely N-dealkylation sites (tertiary alicyclic amines) is 1. The Labute approximate surface area is 307 Å². The van der Waals surface area contributed by atoms with E-state index in [-0.39, 0.29) is 24.1 Å². The van der Waals surface area contributed by atoms with Crippen LogP contribution in [0.25, 0.3) is 10.9 Å². The lowest BCUT2D eigenvalue weighted by Gasteiger charge is -2.42. The third kappa shape index (κ3) is 7.23. The molecule has 1 aromatic heterocycles. The number of rotatable bonds is 10. The summed E-state index contributed by atoms with van der Waals surface area (Å²) in [7, 11) is 0. The number of carbonyl (C=O) groups is 3. The second kappa shape index (κ2) is 14.9. The highest BCUT2D eigenvalue weighted by Crippen LogP contribution is 2.55. The Kier molecular flexibility index (Phi) is 10.1. The van der Waals surface area contributed by atoms with Gasteiger partial charge in [-0.3, -0.25) is 14.4 Å². The minimum absolute atomic E-state index is 0.0273. The first-order valence-corrected chi connectivity index (χ1v) is 18.6. The molecular weight excluding hydrogens is 680 g/mol. The molecule has 0 spiro atoms. The number of fused-ring (bicyclic) bond motifs is 1. The van der Waals surface area contributed by atoms with Crippen molar-refractivity contribution in [2.45, 2.75) is 55.3 Å². The highest BCUT2D eigenvalue weighted by atomic mass is 35.5. The second-order valence-electron chi connectivity index (χ2n) is 13.3. The number of nitrogens with one attached hydrogen (secondary N) is 1. The topological polar surface area (TPSA) is 86.0 Å². The number of amides is 3. The van der Waals surface area contributed by atoms with E-state index < -0.39 is 10.8 Å². The molecule has 262 valence electrons. The SMILES string of the molecule is CCCC(=O)N1CCN(C(=O)C2(Sc3ccc(C)cc3)CC(=O)N(Cc3ccc(Oc4ccccc4)cc3)C2c2c[nH]c3cc(Cl)ccc23)CC1. The first-order valence-electron chi connectivity index (χ1n) is 17.4. The molecule has 3 heterocycles. The Balaban J connectivity index is 1.28. The van der Waals surface area contributed by atoms with Crippen molar-refractivity contribution in [1.29, 1.82) is 0 Å². The summed E-state index contributed by atoms with van der Waals surface area (Å²) in [6.07, 6.45) is 3.23. The smallest absolute Gasteiger partial charge is 0.242 e. The lowest BCUT2D eigenvalue weighted by atomic mass is 9.90. The van der Waals surface area contributed by atoms with Crippen LogP contribution in [-0.2, 0) is 20.9 Å². The van der Waals surface area contributed by atoms with Crippen molar-refractivity contribution in [2.75, 3.05) is 26.2 Å². The Bertz CT molecular complexity index is 2030. The fourth-order valence-electron chi connectivity index (χ4n) is 7.19. The van der Waals surface area contributed by atoms with Gasteiger partial charge in [-0.05, 0) is 67.4 Å². The summed E-state index contributed by atoms with van der Waals surface area (Å²) in [6, 6.07) is 30.6. The van der Waals surface area contributed by atoms with Crippen molar-refractivity contribution in [1.82, 2.24) is 19.7 Å². The molecule has 2 atom stereocenters. The molecule has 4 aromatic carbocycles. The van der Waals surface area contributed by atoms with E-state index in [1.807, 2.05) is 132 Å². The fourth-order valence-corrected chi connectivity index (χ4v) is 8.83. The predicted octanol–water partition coefficient (Wildman–Crippen LogP) is 8.40. The van der Waals surface area contributed by atoms with Gasteiger partial charge in [0.2, 0.25) is 17.7 Å². The van der Waals surface area contributed by atoms with Gasteiger partial charge >= 0.3 is 0 Å². The highest BCUT2D eigenvalue weighted by Gasteiger charge is 2.60. The van der Waals surface area contributed by atoms with Crippen LogP contribution in [0.1, 0.15) is 48.9 Å². The summed E-state index contributed by atoms with van der Waals surface area (Å²) in [5.74, 6) is 1.36. The van der Waals surface area contributed by atoms with Gasteiger partial charge in [0.1, 0.15) is 16.2 Å². The van der Waals surface area contributed by atoms with Gasteiger partial charge in [0.25, 0.3) is 0 Å². The number of H-pyrrole nitrogens is 1. The molecule has 5 aromatic rings. The van der Waals surface area contributed by atoms with Crippen LogP contribution >= 0.6 is 23.4 Å². The van der Waals surface area contributed by atoms with Gasteiger partial charge < -0.3 is 24.4 Å². The zero-order valence-electron chi connectivity index (χ0n) is 28.8. The number of hydrogen-bond acceptors (Lipinski definition) is 5. The van der Waals surface area contributed by atoms with Crippen molar-refractivity contribution in [3.8, 4) is 11.5 Å². The van der Waals surface area contributed by atoms with Crippen LogP contribution in [0.3, 0.4) is 0 Å². The Morgan fingerprint density at radius 3 is 2.29 bits per heavy atom. The number of benzene rings is 4. The monoisotopic (exact) mass is 720 g/mol. The van der Waals surface area contributed by atoms with Crippen molar-refractivity contribution in [3.05, 3.63) is 125 Å². The number of carbonyl (C=O) groups excluding carboxylic acids is 3. The molecule has 0 bridgehead atoms. The number of para-hydroxylation sites is 1. The van der Waals surface area contributed by atoms with Gasteiger partial charge in [0.05, 0.1) is 12.5 Å². The lowest BCUT2D eigenvalue weighted by molar-refractivity contribution is -0.141. The average molecular weight is 721 g/mol. The van der Waals surface area contributed by atoms with Gasteiger partial charge in [-0.25, -0.2) is 0 Å². The molecule has 3 amide bonds. The van der Waals surface area contributed by atoms with Gasteiger partial charge in [0.15, 0.2) is 0 Å². The Morgan fingerprint density at radius 1 is 0.902 bits per heavy atom. The zero-order valence-corrected chi connectivity index (χ0v) is 30.4. The molecule has 2 fully saturated rings. The maximum atomic E-state index is 15.2. The van der Waals surface area contributed by atoms with Crippen molar-refractivity contribution in [2.24, 2.45) is 0 Å². The van der Waals surface area contributed by atoms with E-state index in [9.17, 15) is 9.59 Å². The van der Waals surface area contributed by atoms with Crippen LogP contribution in [0.5, 0.6) is 11.5 Å². The van der Waals surface area contributed by atoms with Gasteiger partial charge in [-0.1, -0.05) is 72.6 Å². The Morgan fingerprint density at radius 2 is 1.59 bits per heavy atom. The number of halogens is 1. The maximum Gasteiger partial charge on any atom is 0.242 e. The molecule has 1 N–H and O–H groups in total. The highest BCUT2D eigenvalue weighted by molar-refractivity contribution is 8.01. The number of aryl methyl sites for hydroxylation is 1. The van der Waals surface area contributed by atoms with E-state index in [4.69, 9.17) is 16.3 Å². The molecule has 0 radical (unpaired) electrons. The zero-order chi connectivity index (χ0) is 35.5. The quantitative estimate of drug-likeness (QED) is 0.157. The molecule has 8 nitrogen and oxygen atoms in total. The molecule has 10 heteroatoms. The number of ether oxygens (including phenoxy) is 1. The summed E-state index contributed by atoms with van der Waals surface area (Å²) in [6.45, 7) is 6.11. The Hall–Kier alpha value is -4.73. The van der Waals surface area contributed by atoms with Crippen LogP contribution in [0.4, 0.5) is 0 Å². The molecule has 2 unspecified atom stereocenters. The lowest BCUT2D eigenvalue weighted by Crippen LogP contribution is -2.57. The molecule has 7 rings (SSSR count). The van der Waals surface area contributed by atoms with E-state index in [0.717, 1.165) is 44.7 Å². The number of aromatic nitrogens is 1. The minimum Gasteiger partial charge on any atom is -0.457 e. The minimum atomic E-state index is -1.19. The number of hydrogen-bond donors (Lipinski definition) is 1. The first-order chi connectivity index (χ1) is 24.7. The van der Waals surface area contributed by atoms with Gasteiger partial charge in [-0.2, -0.15) is 0 Å². The average Bonchev–Trinajstić information content (AvgIpc) is 3.67. The molecule has 2 aliphatic rings. The predicted molar refractivity (Wildman–Crippen MR) is 202 cm³/mol. The fraction of sp³-hybridized carbons (Fsp3) is 0.293. The maximum absolute atomic E-state index is 15.2. The largest absolute Gasteiger partial charge is 0.457 e. The van der Waals surface area contributed by atoms with Gasteiger partial charge in [-0.15, -0.1) is 11.8 Å². The standard InChI is InChI=1S/C41H41ClN4O4S/c1-3-7-37(47)44-20-22-45(23-21-44)40(49)41(51-33-17-10-28(2)11-18-33)25-38(48)46(39(41)35-26-43-36-24-30(42)14-19-34(35)36)27-29-12-15-32(16-13-29)50-31-8-5-4-6-9-31/h4-6,8-19,24,26,39,43H,3,7,20-23,25,27H2,1-2H3. The second-order valence-corrected chi connectivity index (χ2v) is 15.2. The van der Waals surface area contributed by atoms with E-state index in [0.29, 0.717) is 49.9 Å². The first kappa shape index (κ1) is 34.7. The number of thioether (sulfide) groups is 1. The normalized spacial score (nSPS) is 19.2. The van der Waals surface area contributed by atoms with Gasteiger partial charge in [0, 0.05) is 71.7 Å². The molecular formula is C41H41ClN4O4S. The summed E-state index contributed by atoms with van der Waals surface area (Å²) in [4.78, 5) is 52.3. The van der Waals surface area contributed by atoms with E-state index in [2.05, 4.69) is 4.98 Å². The van der Waals surface area contributed by atoms with Crippen molar-refractivity contribution >= 4 is 52.0 Å². The van der Waals surface area contributed by atoms with Crippen LogP contribution in [0.2, 0.25) is 5.02 Å². The van der Waals surface area contributed by atoms with Crippen LogP contribution < -0.4 is 4.74 Å². The molecule has 2 saturated heterocycles. The van der Waals surface area contributed by atoms with E-state index >= 15 is 4.79 Å². The number of nitrogens with zero attached hydrogens (tertiary/aromatic N) is 3. The number of aromatic amines is 1.